The van der Waals surface area contributed by atoms with Gasteiger partial charge in [0.25, 0.3) is 0 Å². The van der Waals surface area contributed by atoms with Crippen LogP contribution in [0.3, 0.4) is 0 Å². The number of hydrogen-bond acceptors (Lipinski definition) is 3. The summed E-state index contributed by atoms with van der Waals surface area (Å²) in [5.41, 5.74) is 5.73. The summed E-state index contributed by atoms with van der Waals surface area (Å²) in [7, 11) is 0. The number of benzene rings is 1. The lowest BCUT2D eigenvalue weighted by atomic mass is 10.0. The van der Waals surface area contributed by atoms with Crippen LogP contribution in [0.5, 0.6) is 0 Å². The first-order chi connectivity index (χ1) is 11.1. The van der Waals surface area contributed by atoms with Crippen molar-refractivity contribution in [3.8, 4) is 11.3 Å². The first kappa shape index (κ1) is 13.9. The smallest absolute Gasteiger partial charge is 0.227 e. The zero-order valence-corrected chi connectivity index (χ0v) is 13.5. The lowest BCUT2D eigenvalue weighted by Gasteiger charge is -2.02. The van der Waals surface area contributed by atoms with E-state index in [0.29, 0.717) is 11.6 Å². The van der Waals surface area contributed by atoms with E-state index in [1.807, 2.05) is 18.3 Å². The number of rotatable bonds is 2. The van der Waals surface area contributed by atoms with E-state index in [2.05, 4.69) is 61.1 Å². The SMILES string of the molecule is Cc1ccnc(-c2cccc3c2oc2nc(C(C)C)ccc23)c1. The number of para-hydroxylation sites is 1. The van der Waals surface area contributed by atoms with Crippen molar-refractivity contribution in [2.75, 3.05) is 0 Å². The van der Waals surface area contributed by atoms with E-state index in [-0.39, 0.29) is 0 Å². The van der Waals surface area contributed by atoms with E-state index in [4.69, 9.17) is 4.42 Å². The molecular weight excluding hydrogens is 284 g/mol. The summed E-state index contributed by atoms with van der Waals surface area (Å²) in [5.74, 6) is 0.380. The summed E-state index contributed by atoms with van der Waals surface area (Å²) in [6.07, 6.45) is 1.83. The molecule has 0 aliphatic carbocycles. The summed E-state index contributed by atoms with van der Waals surface area (Å²) >= 11 is 0. The number of aryl methyl sites for hydroxylation is 1. The van der Waals surface area contributed by atoms with Crippen molar-refractivity contribution in [2.24, 2.45) is 0 Å². The van der Waals surface area contributed by atoms with Gasteiger partial charge >= 0.3 is 0 Å². The van der Waals surface area contributed by atoms with Crippen LogP contribution < -0.4 is 0 Å². The third kappa shape index (κ3) is 2.29. The summed E-state index contributed by atoms with van der Waals surface area (Å²) in [6, 6.07) is 14.4. The Morgan fingerprint density at radius 2 is 1.87 bits per heavy atom. The molecule has 114 valence electrons. The minimum atomic E-state index is 0.380. The minimum absolute atomic E-state index is 0.380. The Labute approximate surface area is 135 Å². The van der Waals surface area contributed by atoms with E-state index < -0.39 is 0 Å². The van der Waals surface area contributed by atoms with E-state index in [1.165, 1.54) is 5.56 Å². The molecule has 0 saturated carbocycles. The molecule has 0 aliphatic rings. The van der Waals surface area contributed by atoms with E-state index in [0.717, 1.165) is 33.3 Å². The van der Waals surface area contributed by atoms with Gasteiger partial charge in [-0.1, -0.05) is 26.0 Å². The standard InChI is InChI=1S/C20H18N2O/c1-12(2)17-8-7-15-14-5-4-6-16(19(14)23-20(15)22-17)18-11-13(3)9-10-21-18/h4-12H,1-3H3. The highest BCUT2D eigenvalue weighted by molar-refractivity contribution is 6.08. The molecule has 0 aliphatic heterocycles. The van der Waals surface area contributed by atoms with Gasteiger partial charge in [0, 0.05) is 28.2 Å². The van der Waals surface area contributed by atoms with Crippen molar-refractivity contribution < 1.29 is 4.42 Å². The quantitative estimate of drug-likeness (QED) is 0.492. The van der Waals surface area contributed by atoms with Crippen LogP contribution in [0.4, 0.5) is 0 Å². The minimum Gasteiger partial charge on any atom is -0.437 e. The number of nitrogens with zero attached hydrogens (tertiary/aromatic N) is 2. The fourth-order valence-electron chi connectivity index (χ4n) is 2.90. The van der Waals surface area contributed by atoms with Gasteiger partial charge in [0.15, 0.2) is 0 Å². The number of aromatic nitrogens is 2. The molecule has 3 heteroatoms. The molecule has 0 fully saturated rings. The maximum absolute atomic E-state index is 6.12. The Hall–Kier alpha value is -2.68. The van der Waals surface area contributed by atoms with Crippen LogP contribution in [0, 0.1) is 6.92 Å². The molecule has 1 aromatic carbocycles. The number of furan rings is 1. The van der Waals surface area contributed by atoms with E-state index in [9.17, 15) is 0 Å². The summed E-state index contributed by atoms with van der Waals surface area (Å²) in [4.78, 5) is 9.17. The Bertz CT molecular complexity index is 1010. The zero-order chi connectivity index (χ0) is 16.0. The maximum Gasteiger partial charge on any atom is 0.227 e. The number of fused-ring (bicyclic) bond motifs is 3. The second-order valence-corrected chi connectivity index (χ2v) is 6.25. The highest BCUT2D eigenvalue weighted by Gasteiger charge is 2.14. The van der Waals surface area contributed by atoms with Gasteiger partial charge in [0.05, 0.1) is 5.69 Å². The topological polar surface area (TPSA) is 38.9 Å². The molecule has 4 rings (SSSR count). The fourth-order valence-corrected chi connectivity index (χ4v) is 2.90. The summed E-state index contributed by atoms with van der Waals surface area (Å²) in [6.45, 7) is 6.35. The highest BCUT2D eigenvalue weighted by Crippen LogP contribution is 2.35. The molecule has 0 amide bonds. The molecule has 3 aromatic heterocycles. The van der Waals surface area contributed by atoms with Crippen molar-refractivity contribution in [3.63, 3.8) is 0 Å². The fraction of sp³-hybridized carbons (Fsp3) is 0.200. The van der Waals surface area contributed by atoms with Crippen molar-refractivity contribution in [2.45, 2.75) is 26.7 Å². The molecule has 0 radical (unpaired) electrons. The zero-order valence-electron chi connectivity index (χ0n) is 13.5. The van der Waals surface area contributed by atoms with Crippen LogP contribution in [0.1, 0.15) is 31.0 Å². The largest absolute Gasteiger partial charge is 0.437 e. The van der Waals surface area contributed by atoms with Crippen LogP contribution in [-0.4, -0.2) is 9.97 Å². The van der Waals surface area contributed by atoms with Crippen LogP contribution >= 0.6 is 0 Å². The van der Waals surface area contributed by atoms with Crippen LogP contribution in [0.2, 0.25) is 0 Å². The van der Waals surface area contributed by atoms with Gasteiger partial charge in [-0.2, -0.15) is 0 Å². The first-order valence-corrected chi connectivity index (χ1v) is 7.88. The predicted molar refractivity (Wildman–Crippen MR) is 93.6 cm³/mol. The lowest BCUT2D eigenvalue weighted by Crippen LogP contribution is -1.90. The second kappa shape index (κ2) is 5.20. The molecule has 23 heavy (non-hydrogen) atoms. The van der Waals surface area contributed by atoms with Gasteiger partial charge in [-0.05, 0) is 48.7 Å². The molecule has 0 spiro atoms. The highest BCUT2D eigenvalue weighted by atomic mass is 16.3. The van der Waals surface area contributed by atoms with E-state index in [1.54, 1.807) is 0 Å². The predicted octanol–water partition coefficient (Wildman–Crippen LogP) is 5.47. The van der Waals surface area contributed by atoms with E-state index >= 15 is 0 Å². The molecular formula is C20H18N2O. The number of pyridine rings is 2. The Kier molecular flexibility index (Phi) is 3.15. The molecule has 0 N–H and O–H groups in total. The van der Waals surface area contributed by atoms with Gasteiger partial charge in [-0.25, -0.2) is 4.98 Å². The molecule has 3 heterocycles. The van der Waals surface area contributed by atoms with Crippen molar-refractivity contribution in [1.29, 1.82) is 0 Å². The molecule has 0 saturated heterocycles. The number of hydrogen-bond donors (Lipinski definition) is 0. The first-order valence-electron chi connectivity index (χ1n) is 7.88. The average Bonchev–Trinajstić information content (AvgIpc) is 2.92. The molecule has 0 atom stereocenters. The van der Waals surface area contributed by atoms with Crippen LogP contribution in [0.25, 0.3) is 33.3 Å². The Balaban J connectivity index is 2.01. The van der Waals surface area contributed by atoms with Gasteiger partial charge in [-0.15, -0.1) is 0 Å². The van der Waals surface area contributed by atoms with Crippen molar-refractivity contribution in [3.05, 3.63) is 59.9 Å². The van der Waals surface area contributed by atoms with Crippen LogP contribution in [0.15, 0.2) is 53.1 Å². The third-order valence-electron chi connectivity index (χ3n) is 4.17. The molecule has 3 nitrogen and oxygen atoms in total. The molecule has 4 aromatic rings. The lowest BCUT2D eigenvalue weighted by molar-refractivity contribution is 0.648. The van der Waals surface area contributed by atoms with Gasteiger partial charge in [0.1, 0.15) is 5.58 Å². The van der Waals surface area contributed by atoms with Gasteiger partial charge in [-0.3, -0.25) is 4.98 Å². The Morgan fingerprint density at radius 1 is 1.00 bits per heavy atom. The van der Waals surface area contributed by atoms with Gasteiger partial charge < -0.3 is 4.42 Å². The third-order valence-corrected chi connectivity index (χ3v) is 4.17. The van der Waals surface area contributed by atoms with Crippen molar-refractivity contribution >= 4 is 22.1 Å². The molecule has 0 bridgehead atoms. The monoisotopic (exact) mass is 302 g/mol. The summed E-state index contributed by atoms with van der Waals surface area (Å²) in [5, 5.41) is 2.14. The maximum atomic E-state index is 6.12. The second-order valence-electron chi connectivity index (χ2n) is 6.25. The normalized spacial score (nSPS) is 11.7. The summed E-state index contributed by atoms with van der Waals surface area (Å²) < 4.78 is 6.12. The molecule has 0 unspecified atom stereocenters. The van der Waals surface area contributed by atoms with Crippen LogP contribution in [-0.2, 0) is 0 Å². The Morgan fingerprint density at radius 3 is 2.65 bits per heavy atom. The van der Waals surface area contributed by atoms with Gasteiger partial charge in [0.2, 0.25) is 5.71 Å². The van der Waals surface area contributed by atoms with Crippen molar-refractivity contribution in [1.82, 2.24) is 9.97 Å². The average molecular weight is 302 g/mol.